The van der Waals surface area contributed by atoms with E-state index in [1.54, 1.807) is 17.9 Å². The molecule has 2 aromatic rings. The van der Waals surface area contributed by atoms with Crippen molar-refractivity contribution in [3.8, 4) is 5.75 Å². The van der Waals surface area contributed by atoms with Gasteiger partial charge in [0.25, 0.3) is 0 Å². The molecule has 0 saturated heterocycles. The summed E-state index contributed by atoms with van der Waals surface area (Å²) in [7, 11) is 1.66. The molecule has 4 nitrogen and oxygen atoms in total. The molecule has 1 aromatic heterocycles. The molecular formula is C12H13N3O. The first-order valence-electron chi connectivity index (χ1n) is 4.97. The van der Waals surface area contributed by atoms with E-state index in [2.05, 4.69) is 16.9 Å². The summed E-state index contributed by atoms with van der Waals surface area (Å²) >= 11 is 0. The molecule has 16 heavy (non-hydrogen) atoms. The Labute approximate surface area is 94.2 Å². The van der Waals surface area contributed by atoms with Crippen LogP contribution >= 0.6 is 0 Å². The molecular weight excluding hydrogens is 202 g/mol. The van der Waals surface area contributed by atoms with Crippen LogP contribution in [-0.2, 0) is 6.54 Å². The Morgan fingerprint density at radius 3 is 2.69 bits per heavy atom. The predicted molar refractivity (Wildman–Crippen MR) is 62.2 cm³/mol. The topological polar surface area (TPSA) is 39.9 Å². The Morgan fingerprint density at radius 1 is 1.38 bits per heavy atom. The average molecular weight is 215 g/mol. The largest absolute Gasteiger partial charge is 0.497 e. The van der Waals surface area contributed by atoms with Gasteiger partial charge in [-0.2, -0.15) is 0 Å². The molecule has 2 rings (SSSR count). The minimum absolute atomic E-state index is 0.699. The lowest BCUT2D eigenvalue weighted by Gasteiger charge is -2.02. The van der Waals surface area contributed by atoms with Crippen LogP contribution in [0.4, 0.5) is 0 Å². The minimum atomic E-state index is 0.699. The first kappa shape index (κ1) is 10.4. The standard InChI is InChI=1S/C12H13N3O/c1-3-11-9-15(14-13-11)8-10-4-6-12(16-2)7-5-10/h3-7,9H,1,8H2,2H3. The summed E-state index contributed by atoms with van der Waals surface area (Å²) in [4.78, 5) is 0. The van der Waals surface area contributed by atoms with Gasteiger partial charge < -0.3 is 4.74 Å². The third-order valence-electron chi connectivity index (χ3n) is 2.27. The van der Waals surface area contributed by atoms with E-state index in [1.807, 2.05) is 30.5 Å². The van der Waals surface area contributed by atoms with E-state index in [-0.39, 0.29) is 0 Å². The molecule has 0 aliphatic carbocycles. The van der Waals surface area contributed by atoms with Gasteiger partial charge in [0.15, 0.2) is 0 Å². The first-order valence-corrected chi connectivity index (χ1v) is 4.97. The van der Waals surface area contributed by atoms with Gasteiger partial charge in [-0.05, 0) is 23.8 Å². The van der Waals surface area contributed by atoms with Crippen molar-refractivity contribution in [1.29, 1.82) is 0 Å². The Hall–Kier alpha value is -2.10. The molecule has 4 heteroatoms. The van der Waals surface area contributed by atoms with Crippen LogP contribution in [0.5, 0.6) is 5.75 Å². The summed E-state index contributed by atoms with van der Waals surface area (Å²) in [5.74, 6) is 0.856. The zero-order valence-corrected chi connectivity index (χ0v) is 9.13. The van der Waals surface area contributed by atoms with Crippen LogP contribution in [0, 0.1) is 0 Å². The second-order valence-electron chi connectivity index (χ2n) is 3.39. The fourth-order valence-corrected chi connectivity index (χ4v) is 1.40. The smallest absolute Gasteiger partial charge is 0.118 e. The van der Waals surface area contributed by atoms with Crippen LogP contribution < -0.4 is 4.74 Å². The summed E-state index contributed by atoms with van der Waals surface area (Å²) in [5, 5.41) is 7.92. The van der Waals surface area contributed by atoms with Gasteiger partial charge in [-0.3, -0.25) is 0 Å². The highest BCUT2D eigenvalue weighted by Crippen LogP contribution is 2.12. The van der Waals surface area contributed by atoms with Crippen LogP contribution in [0.15, 0.2) is 37.0 Å². The third kappa shape index (κ3) is 2.28. The van der Waals surface area contributed by atoms with Crippen molar-refractivity contribution in [2.24, 2.45) is 0 Å². The van der Waals surface area contributed by atoms with E-state index in [4.69, 9.17) is 4.74 Å². The molecule has 0 saturated carbocycles. The molecule has 1 heterocycles. The molecule has 1 aromatic carbocycles. The summed E-state index contributed by atoms with van der Waals surface area (Å²) < 4.78 is 6.87. The lowest BCUT2D eigenvalue weighted by Crippen LogP contribution is -2.00. The summed E-state index contributed by atoms with van der Waals surface area (Å²) in [6, 6.07) is 7.88. The van der Waals surface area contributed by atoms with Crippen LogP contribution in [0.25, 0.3) is 6.08 Å². The van der Waals surface area contributed by atoms with Crippen LogP contribution in [0.3, 0.4) is 0 Å². The van der Waals surface area contributed by atoms with Crippen LogP contribution in [-0.4, -0.2) is 22.1 Å². The maximum Gasteiger partial charge on any atom is 0.118 e. The van der Waals surface area contributed by atoms with E-state index >= 15 is 0 Å². The van der Waals surface area contributed by atoms with Crippen molar-refractivity contribution in [3.05, 3.63) is 48.3 Å². The Morgan fingerprint density at radius 2 is 2.12 bits per heavy atom. The zero-order valence-electron chi connectivity index (χ0n) is 9.13. The molecule has 0 fully saturated rings. The number of ether oxygens (including phenoxy) is 1. The molecule has 82 valence electrons. The first-order chi connectivity index (χ1) is 7.81. The number of hydrogen-bond acceptors (Lipinski definition) is 3. The maximum absolute atomic E-state index is 5.09. The number of rotatable bonds is 4. The highest BCUT2D eigenvalue weighted by Gasteiger charge is 1.99. The second-order valence-corrected chi connectivity index (χ2v) is 3.39. The molecule has 0 atom stereocenters. The highest BCUT2D eigenvalue weighted by atomic mass is 16.5. The van der Waals surface area contributed by atoms with Gasteiger partial charge in [0.2, 0.25) is 0 Å². The van der Waals surface area contributed by atoms with Gasteiger partial charge in [-0.15, -0.1) is 5.10 Å². The third-order valence-corrected chi connectivity index (χ3v) is 2.27. The van der Waals surface area contributed by atoms with Gasteiger partial charge in [0.05, 0.1) is 19.9 Å². The second kappa shape index (κ2) is 4.61. The van der Waals surface area contributed by atoms with Crippen molar-refractivity contribution in [3.63, 3.8) is 0 Å². The van der Waals surface area contributed by atoms with Crippen LogP contribution in [0.1, 0.15) is 11.3 Å². The van der Waals surface area contributed by atoms with Gasteiger partial charge in [0, 0.05) is 0 Å². The molecule has 0 aliphatic rings. The van der Waals surface area contributed by atoms with Crippen molar-refractivity contribution in [2.75, 3.05) is 7.11 Å². The maximum atomic E-state index is 5.09. The quantitative estimate of drug-likeness (QED) is 0.783. The monoisotopic (exact) mass is 215 g/mol. The molecule has 0 spiro atoms. The highest BCUT2D eigenvalue weighted by molar-refractivity contribution is 5.38. The van der Waals surface area contributed by atoms with E-state index in [0.29, 0.717) is 6.54 Å². The predicted octanol–water partition coefficient (Wildman–Crippen LogP) is 1.98. The number of aromatic nitrogens is 3. The van der Waals surface area contributed by atoms with Crippen molar-refractivity contribution < 1.29 is 4.74 Å². The van der Waals surface area contributed by atoms with E-state index in [1.165, 1.54) is 0 Å². The SMILES string of the molecule is C=Cc1cn(Cc2ccc(OC)cc2)nn1. The normalized spacial score (nSPS) is 10.1. The molecule has 0 aliphatic heterocycles. The number of methoxy groups -OCH3 is 1. The lowest BCUT2D eigenvalue weighted by molar-refractivity contribution is 0.414. The lowest BCUT2D eigenvalue weighted by atomic mass is 10.2. The van der Waals surface area contributed by atoms with E-state index < -0.39 is 0 Å². The molecule has 0 unspecified atom stereocenters. The molecule has 0 amide bonds. The van der Waals surface area contributed by atoms with Gasteiger partial charge in [0.1, 0.15) is 11.4 Å². The van der Waals surface area contributed by atoms with E-state index in [0.717, 1.165) is 17.0 Å². The van der Waals surface area contributed by atoms with E-state index in [9.17, 15) is 0 Å². The van der Waals surface area contributed by atoms with Gasteiger partial charge in [-0.25, -0.2) is 4.68 Å². The fourth-order valence-electron chi connectivity index (χ4n) is 1.40. The van der Waals surface area contributed by atoms with Crippen molar-refractivity contribution in [1.82, 2.24) is 15.0 Å². The molecule has 0 radical (unpaired) electrons. The number of hydrogen-bond donors (Lipinski definition) is 0. The van der Waals surface area contributed by atoms with Crippen molar-refractivity contribution in [2.45, 2.75) is 6.54 Å². The Kier molecular flexibility index (Phi) is 3.00. The number of benzene rings is 1. The Balaban J connectivity index is 2.10. The summed E-state index contributed by atoms with van der Waals surface area (Å²) in [6.45, 7) is 4.34. The fraction of sp³-hybridized carbons (Fsp3) is 0.167. The van der Waals surface area contributed by atoms with Gasteiger partial charge >= 0.3 is 0 Å². The molecule has 0 bridgehead atoms. The zero-order chi connectivity index (χ0) is 11.4. The summed E-state index contributed by atoms with van der Waals surface area (Å²) in [5.41, 5.74) is 1.94. The average Bonchev–Trinajstić information content (AvgIpc) is 2.78. The Bertz CT molecular complexity index is 473. The molecule has 0 N–H and O–H groups in total. The number of nitrogens with zero attached hydrogens (tertiary/aromatic N) is 3. The van der Waals surface area contributed by atoms with Crippen molar-refractivity contribution >= 4 is 6.08 Å². The van der Waals surface area contributed by atoms with Crippen LogP contribution in [0.2, 0.25) is 0 Å². The minimum Gasteiger partial charge on any atom is -0.497 e. The van der Waals surface area contributed by atoms with Gasteiger partial charge in [-0.1, -0.05) is 23.9 Å². The summed E-state index contributed by atoms with van der Waals surface area (Å²) in [6.07, 6.45) is 3.54.